The molecule has 88 valence electrons. The number of aromatic nitrogens is 4. The highest BCUT2D eigenvalue weighted by Gasteiger charge is 2.46. The molecule has 2 unspecified atom stereocenters. The van der Waals surface area contributed by atoms with Crippen molar-refractivity contribution in [1.29, 1.82) is 0 Å². The molecule has 0 bridgehead atoms. The second kappa shape index (κ2) is 3.31. The lowest BCUT2D eigenvalue weighted by Crippen LogP contribution is -2.49. The van der Waals surface area contributed by atoms with Gasteiger partial charge in [0.05, 0.1) is 0 Å². The van der Waals surface area contributed by atoms with E-state index in [1.807, 2.05) is 0 Å². The van der Waals surface area contributed by atoms with Crippen molar-refractivity contribution in [1.82, 2.24) is 20.6 Å². The molecule has 1 aliphatic heterocycles. The summed E-state index contributed by atoms with van der Waals surface area (Å²) in [5, 5.41) is 29.2. The average Bonchev–Trinajstić information content (AvgIpc) is 2.95. The van der Waals surface area contributed by atoms with E-state index >= 15 is 0 Å². The summed E-state index contributed by atoms with van der Waals surface area (Å²) in [7, 11) is 0. The molecule has 0 saturated carbocycles. The van der Waals surface area contributed by atoms with Gasteiger partial charge in [0.1, 0.15) is 12.4 Å². The van der Waals surface area contributed by atoms with Crippen molar-refractivity contribution in [3.8, 4) is 0 Å². The molecule has 0 saturated heterocycles. The number of quaternary nitrogens is 1. The topological polar surface area (TPSA) is 149 Å². The monoisotopic (exact) mass is 239 g/mol. The normalized spacial score (nSPS) is 27.9. The molecule has 2 atom stereocenters. The lowest BCUT2D eigenvalue weighted by molar-refractivity contribution is -1.09. The van der Waals surface area contributed by atoms with Crippen molar-refractivity contribution >= 4 is 5.71 Å². The van der Waals surface area contributed by atoms with Crippen molar-refractivity contribution in [2.75, 3.05) is 0 Å². The van der Waals surface area contributed by atoms with E-state index in [1.165, 1.54) is 12.4 Å². The number of hydroxylamine groups is 2. The minimum atomic E-state index is -1.61. The van der Waals surface area contributed by atoms with E-state index in [-0.39, 0.29) is 17.1 Å². The van der Waals surface area contributed by atoms with Gasteiger partial charge in [0.15, 0.2) is 17.1 Å². The lowest BCUT2D eigenvalue weighted by atomic mass is 10.1. The standard InChI is InChI=1S/C6H5N7O4/c7-13(14)6(4-2-9-16-11-4)5(12-17-13)3-1-8-15-10-3/h1-2,6H,7H2. The zero-order valence-corrected chi connectivity index (χ0v) is 8.13. The molecule has 2 aromatic rings. The first kappa shape index (κ1) is 9.83. The van der Waals surface area contributed by atoms with Crippen LogP contribution in [0.15, 0.2) is 26.8 Å². The zero-order valence-electron chi connectivity index (χ0n) is 8.13. The van der Waals surface area contributed by atoms with Crippen LogP contribution >= 0.6 is 0 Å². The number of nitrogens with two attached hydrogens (primary N) is 1. The van der Waals surface area contributed by atoms with Gasteiger partial charge in [-0.25, -0.2) is 9.26 Å². The Morgan fingerprint density at radius 3 is 2.65 bits per heavy atom. The molecule has 3 rings (SSSR count). The van der Waals surface area contributed by atoms with E-state index in [2.05, 4.69) is 40.0 Å². The average molecular weight is 239 g/mol. The molecular formula is C6H5N7O4. The van der Waals surface area contributed by atoms with Crippen LogP contribution in [-0.4, -0.2) is 31.3 Å². The van der Waals surface area contributed by atoms with Crippen molar-refractivity contribution in [3.05, 3.63) is 29.0 Å². The number of hydrogen-bond donors (Lipinski definition) is 1. The smallest absolute Gasteiger partial charge is 0.244 e. The van der Waals surface area contributed by atoms with Gasteiger partial charge in [-0.1, -0.05) is 15.2 Å². The molecule has 0 aliphatic carbocycles. The molecule has 2 aromatic heterocycles. The molecule has 0 amide bonds. The molecule has 0 radical (unpaired) electrons. The zero-order chi connectivity index (χ0) is 11.9. The molecule has 2 N–H and O–H groups in total. The summed E-state index contributed by atoms with van der Waals surface area (Å²) in [6.07, 6.45) is 2.51. The van der Waals surface area contributed by atoms with Gasteiger partial charge in [-0.05, 0) is 15.5 Å². The Kier molecular flexibility index (Phi) is 1.91. The van der Waals surface area contributed by atoms with Gasteiger partial charge >= 0.3 is 0 Å². The van der Waals surface area contributed by atoms with Crippen LogP contribution < -0.4 is 5.84 Å². The van der Waals surface area contributed by atoms with Crippen LogP contribution in [0.2, 0.25) is 0 Å². The van der Waals surface area contributed by atoms with Crippen LogP contribution in [0.1, 0.15) is 17.4 Å². The van der Waals surface area contributed by atoms with E-state index in [9.17, 15) is 5.21 Å². The van der Waals surface area contributed by atoms with Crippen LogP contribution in [0.5, 0.6) is 0 Å². The molecule has 0 aromatic carbocycles. The predicted octanol–water partition coefficient (Wildman–Crippen LogP) is -0.969. The quantitative estimate of drug-likeness (QED) is 0.396. The Balaban J connectivity index is 2.05. The first-order valence-electron chi connectivity index (χ1n) is 4.39. The fourth-order valence-corrected chi connectivity index (χ4v) is 1.46. The highest BCUT2D eigenvalue weighted by Crippen LogP contribution is 2.32. The van der Waals surface area contributed by atoms with Gasteiger partial charge in [0, 0.05) is 0 Å². The van der Waals surface area contributed by atoms with Gasteiger partial charge < -0.3 is 5.21 Å². The summed E-state index contributed by atoms with van der Waals surface area (Å²) in [6, 6.07) is -1.06. The van der Waals surface area contributed by atoms with Gasteiger partial charge in [0.2, 0.25) is 6.04 Å². The second-order valence-electron chi connectivity index (χ2n) is 3.23. The minimum absolute atomic E-state index is 0.138. The van der Waals surface area contributed by atoms with Crippen LogP contribution in [-0.2, 0) is 4.94 Å². The van der Waals surface area contributed by atoms with E-state index in [0.717, 1.165) is 0 Å². The predicted molar refractivity (Wildman–Crippen MR) is 46.8 cm³/mol. The number of nitrogens with zero attached hydrogens (tertiary/aromatic N) is 6. The van der Waals surface area contributed by atoms with Crippen molar-refractivity contribution in [3.63, 3.8) is 0 Å². The molecular weight excluding hydrogens is 234 g/mol. The third-order valence-corrected chi connectivity index (χ3v) is 2.17. The van der Waals surface area contributed by atoms with E-state index in [4.69, 9.17) is 5.84 Å². The molecule has 17 heavy (non-hydrogen) atoms. The van der Waals surface area contributed by atoms with Gasteiger partial charge in [0.25, 0.3) is 0 Å². The highest BCUT2D eigenvalue weighted by atomic mass is 17.0. The highest BCUT2D eigenvalue weighted by molar-refractivity contribution is 6.02. The second-order valence-corrected chi connectivity index (χ2v) is 3.23. The lowest BCUT2D eigenvalue weighted by Gasteiger charge is -2.29. The Morgan fingerprint density at radius 2 is 2.00 bits per heavy atom. The minimum Gasteiger partial charge on any atom is -0.566 e. The Hall–Kier alpha value is -2.37. The summed E-state index contributed by atoms with van der Waals surface area (Å²) in [5.74, 6) is 5.37. The maximum absolute atomic E-state index is 11.8. The molecule has 3 heterocycles. The maximum Gasteiger partial charge on any atom is 0.244 e. The Morgan fingerprint density at radius 1 is 1.24 bits per heavy atom. The molecule has 11 nitrogen and oxygen atoms in total. The van der Waals surface area contributed by atoms with Crippen LogP contribution in [0.4, 0.5) is 0 Å². The Bertz CT molecular complexity index is 533. The fourth-order valence-electron chi connectivity index (χ4n) is 1.46. The van der Waals surface area contributed by atoms with Crippen LogP contribution in [0, 0.1) is 5.21 Å². The van der Waals surface area contributed by atoms with Crippen molar-refractivity contribution in [2.24, 2.45) is 11.0 Å². The SMILES string of the molecule is N[N+]1([O-])ON=C(c2cnon2)C1c1cnon1. The van der Waals surface area contributed by atoms with Crippen LogP contribution in [0.25, 0.3) is 0 Å². The Labute approximate surface area is 92.4 Å². The molecule has 0 fully saturated rings. The first-order chi connectivity index (χ1) is 8.18. The van der Waals surface area contributed by atoms with E-state index in [0.29, 0.717) is 0 Å². The summed E-state index contributed by atoms with van der Waals surface area (Å²) in [6.45, 7) is 0. The molecule has 11 heteroatoms. The maximum atomic E-state index is 11.8. The third kappa shape index (κ3) is 1.45. The fraction of sp³-hybridized carbons (Fsp3) is 0.167. The van der Waals surface area contributed by atoms with E-state index in [1.54, 1.807) is 0 Å². The van der Waals surface area contributed by atoms with Crippen LogP contribution in [0.3, 0.4) is 0 Å². The van der Waals surface area contributed by atoms with Gasteiger partial charge in [-0.15, -0.1) is 5.84 Å². The first-order valence-corrected chi connectivity index (χ1v) is 4.39. The molecule has 0 spiro atoms. The summed E-state index contributed by atoms with van der Waals surface area (Å²) < 4.78 is 8.83. The van der Waals surface area contributed by atoms with Gasteiger partial charge in [-0.2, -0.15) is 4.94 Å². The molecule has 1 aliphatic rings. The number of rotatable bonds is 2. The number of oxime groups is 1. The number of hydrogen-bond acceptors (Lipinski definition) is 10. The van der Waals surface area contributed by atoms with Gasteiger partial charge in [-0.3, -0.25) is 0 Å². The summed E-state index contributed by atoms with van der Waals surface area (Å²) >= 11 is 0. The third-order valence-electron chi connectivity index (χ3n) is 2.17. The largest absolute Gasteiger partial charge is 0.566 e. The van der Waals surface area contributed by atoms with Crippen molar-refractivity contribution < 1.29 is 19.1 Å². The van der Waals surface area contributed by atoms with Crippen molar-refractivity contribution in [2.45, 2.75) is 6.04 Å². The summed E-state index contributed by atoms with van der Waals surface area (Å²) in [5.41, 5.74) is 0.528. The van der Waals surface area contributed by atoms with E-state index < -0.39 is 11.0 Å². The summed E-state index contributed by atoms with van der Waals surface area (Å²) in [4.78, 5) is 2.93.